The van der Waals surface area contributed by atoms with Crippen LogP contribution in [0.3, 0.4) is 0 Å². The molecule has 2 N–H and O–H groups in total. The number of rotatable bonds is 5. The van der Waals surface area contributed by atoms with E-state index in [-0.39, 0.29) is 5.92 Å². The van der Waals surface area contributed by atoms with Gasteiger partial charge >= 0.3 is 5.97 Å². The molecular formula is C13H16N2O3. The lowest BCUT2D eigenvalue weighted by molar-refractivity contribution is -0.142. The first kappa shape index (κ1) is 13.9. The monoisotopic (exact) mass is 248 g/mol. The third-order valence-corrected chi connectivity index (χ3v) is 2.34. The summed E-state index contributed by atoms with van der Waals surface area (Å²) in [5.41, 5.74) is 0.782. The van der Waals surface area contributed by atoms with Gasteiger partial charge in [0, 0.05) is 18.5 Å². The van der Waals surface area contributed by atoms with Crippen LogP contribution in [0.2, 0.25) is 0 Å². The van der Waals surface area contributed by atoms with Crippen molar-refractivity contribution in [1.82, 2.24) is 10.3 Å². The topological polar surface area (TPSA) is 79.3 Å². The number of aliphatic carboxylic acids is 1. The average Bonchev–Trinajstić information content (AvgIpc) is 2.34. The molecule has 0 saturated carbocycles. The van der Waals surface area contributed by atoms with Crippen LogP contribution in [-0.2, 0) is 9.59 Å². The van der Waals surface area contributed by atoms with E-state index in [0.717, 1.165) is 5.56 Å². The van der Waals surface area contributed by atoms with E-state index in [0.29, 0.717) is 0 Å². The van der Waals surface area contributed by atoms with Crippen molar-refractivity contribution in [3.63, 3.8) is 0 Å². The molecular weight excluding hydrogens is 232 g/mol. The Morgan fingerprint density at radius 3 is 2.67 bits per heavy atom. The van der Waals surface area contributed by atoms with Crippen molar-refractivity contribution in [3.8, 4) is 0 Å². The van der Waals surface area contributed by atoms with Gasteiger partial charge < -0.3 is 10.4 Å². The minimum atomic E-state index is -1.03. The van der Waals surface area contributed by atoms with Crippen molar-refractivity contribution >= 4 is 18.0 Å². The van der Waals surface area contributed by atoms with E-state index in [9.17, 15) is 9.59 Å². The molecule has 0 spiro atoms. The van der Waals surface area contributed by atoms with Crippen LogP contribution in [0.5, 0.6) is 0 Å². The first-order valence-electron chi connectivity index (χ1n) is 5.62. The van der Waals surface area contributed by atoms with Crippen molar-refractivity contribution < 1.29 is 14.7 Å². The molecule has 1 rings (SSSR count). The molecule has 18 heavy (non-hydrogen) atoms. The lowest BCUT2D eigenvalue weighted by atomic mass is 10.0. The number of carboxylic acid groups (broad SMARTS) is 1. The molecule has 0 bridgehead atoms. The number of carbonyl (C=O) groups is 2. The van der Waals surface area contributed by atoms with Crippen molar-refractivity contribution in [2.45, 2.75) is 19.9 Å². The first-order chi connectivity index (χ1) is 8.50. The second-order valence-electron chi connectivity index (χ2n) is 4.19. The molecule has 0 aliphatic heterocycles. The minimum absolute atomic E-state index is 0.168. The number of pyridine rings is 1. The van der Waals surface area contributed by atoms with E-state index in [2.05, 4.69) is 10.3 Å². The Morgan fingerprint density at radius 1 is 1.44 bits per heavy atom. The van der Waals surface area contributed by atoms with E-state index >= 15 is 0 Å². The van der Waals surface area contributed by atoms with Crippen LogP contribution >= 0.6 is 0 Å². The Labute approximate surface area is 106 Å². The van der Waals surface area contributed by atoms with Crippen LogP contribution < -0.4 is 5.32 Å². The summed E-state index contributed by atoms with van der Waals surface area (Å²) in [7, 11) is 0. The Kier molecular flexibility index (Phi) is 5.05. The number of aromatic nitrogens is 1. The van der Waals surface area contributed by atoms with Crippen LogP contribution in [0, 0.1) is 5.92 Å². The van der Waals surface area contributed by atoms with E-state index in [1.165, 1.54) is 6.08 Å². The molecule has 1 amide bonds. The molecule has 0 aliphatic rings. The molecule has 1 aromatic rings. The fourth-order valence-electron chi connectivity index (χ4n) is 1.36. The highest BCUT2D eigenvalue weighted by atomic mass is 16.4. The highest BCUT2D eigenvalue weighted by Gasteiger charge is 2.22. The summed E-state index contributed by atoms with van der Waals surface area (Å²) in [6, 6.07) is 2.68. The number of amides is 1. The van der Waals surface area contributed by atoms with Gasteiger partial charge in [0.1, 0.15) is 6.04 Å². The van der Waals surface area contributed by atoms with Gasteiger partial charge in [-0.3, -0.25) is 9.78 Å². The first-order valence-corrected chi connectivity index (χ1v) is 5.62. The van der Waals surface area contributed by atoms with E-state index in [1.807, 2.05) is 0 Å². The molecule has 0 fully saturated rings. The fourth-order valence-corrected chi connectivity index (χ4v) is 1.36. The molecule has 0 aliphatic carbocycles. The smallest absolute Gasteiger partial charge is 0.326 e. The van der Waals surface area contributed by atoms with Crippen LogP contribution in [0.25, 0.3) is 6.08 Å². The highest BCUT2D eigenvalue weighted by Crippen LogP contribution is 2.02. The normalized spacial score (nSPS) is 12.6. The van der Waals surface area contributed by atoms with E-state index in [1.54, 1.807) is 44.4 Å². The molecule has 1 aromatic heterocycles. The Morgan fingerprint density at radius 2 is 2.17 bits per heavy atom. The second kappa shape index (κ2) is 6.54. The van der Waals surface area contributed by atoms with Crippen LogP contribution in [0.4, 0.5) is 0 Å². The standard InChI is InChI=1S/C13H16N2O3/c1-9(2)12(13(17)18)15-11(16)6-5-10-4-3-7-14-8-10/h3-9,12H,1-2H3,(H,15,16)(H,17,18)/b6-5+/t12-/m0/s1. The third-order valence-electron chi connectivity index (χ3n) is 2.34. The predicted molar refractivity (Wildman–Crippen MR) is 67.7 cm³/mol. The van der Waals surface area contributed by atoms with Gasteiger partial charge in [0.25, 0.3) is 0 Å². The molecule has 5 heteroatoms. The summed E-state index contributed by atoms with van der Waals surface area (Å²) in [6.45, 7) is 3.48. The van der Waals surface area contributed by atoms with Crippen molar-refractivity contribution in [2.24, 2.45) is 5.92 Å². The van der Waals surface area contributed by atoms with Gasteiger partial charge in [-0.15, -0.1) is 0 Å². The summed E-state index contributed by atoms with van der Waals surface area (Å²) < 4.78 is 0. The zero-order valence-electron chi connectivity index (χ0n) is 10.3. The van der Waals surface area contributed by atoms with Crippen molar-refractivity contribution in [2.75, 3.05) is 0 Å². The molecule has 0 aromatic carbocycles. The summed E-state index contributed by atoms with van der Waals surface area (Å²) in [4.78, 5) is 26.4. The third kappa shape index (κ3) is 4.37. The quantitative estimate of drug-likeness (QED) is 0.770. The van der Waals surface area contributed by atoms with Crippen LogP contribution in [-0.4, -0.2) is 28.0 Å². The predicted octanol–water partition coefficient (Wildman–Crippen LogP) is 1.32. The zero-order chi connectivity index (χ0) is 13.5. The van der Waals surface area contributed by atoms with E-state index in [4.69, 9.17) is 5.11 Å². The maximum absolute atomic E-state index is 11.6. The SMILES string of the molecule is CC(C)[C@H](NC(=O)/C=C/c1cccnc1)C(=O)O. The Bertz CT molecular complexity index is 441. The number of nitrogens with zero attached hydrogens (tertiary/aromatic N) is 1. The molecule has 0 radical (unpaired) electrons. The van der Waals surface area contributed by atoms with Crippen molar-refractivity contribution in [1.29, 1.82) is 0 Å². The highest BCUT2D eigenvalue weighted by molar-refractivity contribution is 5.94. The Hall–Kier alpha value is -2.17. The number of carbonyl (C=O) groups excluding carboxylic acids is 1. The maximum Gasteiger partial charge on any atom is 0.326 e. The maximum atomic E-state index is 11.6. The zero-order valence-corrected chi connectivity index (χ0v) is 10.3. The fraction of sp³-hybridized carbons (Fsp3) is 0.308. The molecule has 1 atom stereocenters. The lowest BCUT2D eigenvalue weighted by Crippen LogP contribution is -2.43. The van der Waals surface area contributed by atoms with Gasteiger partial charge in [0.05, 0.1) is 0 Å². The number of hydrogen-bond donors (Lipinski definition) is 2. The van der Waals surface area contributed by atoms with Gasteiger partial charge in [-0.1, -0.05) is 19.9 Å². The van der Waals surface area contributed by atoms with Gasteiger partial charge in [0.15, 0.2) is 0 Å². The van der Waals surface area contributed by atoms with Gasteiger partial charge in [0.2, 0.25) is 5.91 Å². The number of nitrogens with one attached hydrogen (secondary N) is 1. The summed E-state index contributed by atoms with van der Waals surface area (Å²) in [5, 5.41) is 11.4. The summed E-state index contributed by atoms with van der Waals surface area (Å²) in [5.74, 6) is -1.63. The minimum Gasteiger partial charge on any atom is -0.480 e. The largest absolute Gasteiger partial charge is 0.480 e. The van der Waals surface area contributed by atoms with Gasteiger partial charge in [-0.05, 0) is 23.6 Å². The molecule has 1 heterocycles. The summed E-state index contributed by atoms with van der Waals surface area (Å²) >= 11 is 0. The molecule has 96 valence electrons. The van der Waals surface area contributed by atoms with Crippen molar-refractivity contribution in [3.05, 3.63) is 36.2 Å². The number of carboxylic acids is 1. The van der Waals surface area contributed by atoms with Crippen LogP contribution in [0.1, 0.15) is 19.4 Å². The molecule has 0 unspecified atom stereocenters. The van der Waals surface area contributed by atoms with E-state index < -0.39 is 17.9 Å². The number of hydrogen-bond acceptors (Lipinski definition) is 3. The lowest BCUT2D eigenvalue weighted by Gasteiger charge is -2.16. The molecule has 5 nitrogen and oxygen atoms in total. The van der Waals surface area contributed by atoms with Crippen LogP contribution in [0.15, 0.2) is 30.6 Å². The Balaban J connectivity index is 2.61. The van der Waals surface area contributed by atoms with Gasteiger partial charge in [-0.25, -0.2) is 4.79 Å². The van der Waals surface area contributed by atoms with Gasteiger partial charge in [-0.2, -0.15) is 0 Å². The average molecular weight is 248 g/mol. The molecule has 0 saturated heterocycles. The summed E-state index contributed by atoms with van der Waals surface area (Å²) in [6.07, 6.45) is 6.13. The second-order valence-corrected chi connectivity index (χ2v) is 4.19.